The van der Waals surface area contributed by atoms with Gasteiger partial charge in [-0.05, 0) is 30.0 Å². The Labute approximate surface area is 118 Å². The van der Waals surface area contributed by atoms with Crippen LogP contribution in [0.3, 0.4) is 0 Å². The summed E-state index contributed by atoms with van der Waals surface area (Å²) in [5, 5.41) is 0.325. The fraction of sp³-hybridized carbons (Fsp3) is 0.533. The van der Waals surface area contributed by atoms with Crippen molar-refractivity contribution >= 4 is 17.4 Å². The third kappa shape index (κ3) is 4.59. The Morgan fingerprint density at radius 2 is 2.05 bits per heavy atom. The Balaban J connectivity index is 2.87. The van der Waals surface area contributed by atoms with Crippen molar-refractivity contribution in [2.24, 2.45) is 5.41 Å². The monoisotopic (exact) mass is 286 g/mol. The zero-order valence-corrected chi connectivity index (χ0v) is 12.6. The molecule has 0 saturated carbocycles. The van der Waals surface area contributed by atoms with E-state index in [1.165, 1.54) is 6.07 Å². The molecule has 0 saturated heterocycles. The van der Waals surface area contributed by atoms with E-state index in [1.54, 1.807) is 12.1 Å². The first-order valence-corrected chi connectivity index (χ1v) is 6.71. The molecule has 1 aromatic rings. The van der Waals surface area contributed by atoms with Gasteiger partial charge in [-0.2, -0.15) is 0 Å². The van der Waals surface area contributed by atoms with E-state index in [2.05, 4.69) is 0 Å². The molecule has 0 heterocycles. The largest absolute Gasteiger partial charge is 0.370 e. The molecule has 0 fully saturated rings. The van der Waals surface area contributed by atoms with E-state index in [0.29, 0.717) is 17.2 Å². The molecule has 0 aliphatic rings. The van der Waals surface area contributed by atoms with Gasteiger partial charge in [-0.25, -0.2) is 4.39 Å². The van der Waals surface area contributed by atoms with Crippen LogP contribution in [0.15, 0.2) is 18.2 Å². The molecule has 0 aliphatic heterocycles. The summed E-state index contributed by atoms with van der Waals surface area (Å²) in [5.41, 5.74) is 0.0408. The minimum atomic E-state index is -0.535. The molecule has 0 N–H and O–H groups in total. The van der Waals surface area contributed by atoms with E-state index < -0.39 is 11.9 Å². The maximum absolute atomic E-state index is 13.7. The smallest absolute Gasteiger partial charge is 0.166 e. The van der Waals surface area contributed by atoms with Gasteiger partial charge in [-0.15, -0.1) is 0 Å². The number of ether oxygens (including phenoxy) is 1. The van der Waals surface area contributed by atoms with Crippen LogP contribution in [0.4, 0.5) is 4.39 Å². The number of benzene rings is 1. The number of carbonyl (C=O) groups excluding carboxylic acids is 1. The summed E-state index contributed by atoms with van der Waals surface area (Å²) in [7, 11) is 0. The molecular formula is C15H20ClFO2. The molecule has 0 radical (unpaired) electrons. The highest BCUT2D eigenvalue weighted by Gasteiger charge is 2.31. The molecule has 0 spiro atoms. The zero-order valence-electron chi connectivity index (χ0n) is 11.8. The van der Waals surface area contributed by atoms with Gasteiger partial charge < -0.3 is 4.74 Å². The van der Waals surface area contributed by atoms with Gasteiger partial charge >= 0.3 is 0 Å². The van der Waals surface area contributed by atoms with Crippen LogP contribution in [-0.4, -0.2) is 18.5 Å². The average molecular weight is 287 g/mol. The van der Waals surface area contributed by atoms with E-state index in [-0.39, 0.29) is 17.6 Å². The Morgan fingerprint density at radius 1 is 1.42 bits per heavy atom. The number of hydrogen-bond acceptors (Lipinski definition) is 2. The molecule has 0 amide bonds. The number of carbonyl (C=O) groups is 1. The Kier molecular flexibility index (Phi) is 5.50. The third-order valence-electron chi connectivity index (χ3n) is 2.79. The van der Waals surface area contributed by atoms with Gasteiger partial charge in [0.25, 0.3) is 0 Å². The second kappa shape index (κ2) is 6.49. The average Bonchev–Trinajstić information content (AvgIpc) is 2.28. The van der Waals surface area contributed by atoms with Gasteiger partial charge in [-0.3, -0.25) is 4.79 Å². The first-order valence-electron chi connectivity index (χ1n) is 6.34. The molecule has 2 nitrogen and oxygen atoms in total. The van der Waals surface area contributed by atoms with E-state index in [4.69, 9.17) is 16.3 Å². The first kappa shape index (κ1) is 16.1. The summed E-state index contributed by atoms with van der Waals surface area (Å²) in [5.74, 6) is -0.569. The summed E-state index contributed by atoms with van der Waals surface area (Å²) >= 11 is 5.69. The second-order valence-corrected chi connectivity index (χ2v) is 6.02. The van der Waals surface area contributed by atoms with Gasteiger partial charge in [0.15, 0.2) is 5.78 Å². The molecule has 106 valence electrons. The van der Waals surface area contributed by atoms with E-state index >= 15 is 0 Å². The van der Waals surface area contributed by atoms with Crippen LogP contribution in [0, 0.1) is 11.2 Å². The lowest BCUT2D eigenvalue weighted by Crippen LogP contribution is -2.38. The summed E-state index contributed by atoms with van der Waals surface area (Å²) in [6.45, 7) is 8.10. The molecule has 0 aromatic heterocycles. The van der Waals surface area contributed by atoms with E-state index in [1.807, 2.05) is 27.7 Å². The van der Waals surface area contributed by atoms with Crippen LogP contribution in [-0.2, 0) is 16.0 Å². The molecule has 0 aliphatic carbocycles. The number of rotatable bonds is 5. The molecular weight excluding hydrogens is 267 g/mol. The normalized spacial score (nSPS) is 13.4. The summed E-state index contributed by atoms with van der Waals surface area (Å²) < 4.78 is 19.2. The van der Waals surface area contributed by atoms with Crippen LogP contribution in [0.5, 0.6) is 0 Å². The maximum atomic E-state index is 13.7. The zero-order chi connectivity index (χ0) is 14.6. The van der Waals surface area contributed by atoms with Crippen molar-refractivity contribution in [3.8, 4) is 0 Å². The molecule has 1 atom stereocenters. The van der Waals surface area contributed by atoms with Gasteiger partial charge in [0.2, 0.25) is 0 Å². The van der Waals surface area contributed by atoms with Gasteiger partial charge in [0, 0.05) is 18.1 Å². The molecule has 1 rings (SSSR count). The van der Waals surface area contributed by atoms with Crippen molar-refractivity contribution in [3.63, 3.8) is 0 Å². The standard InChI is InChI=1S/C15H20ClFO2/c1-5-19-14(15(2,3)4)13(18)8-10-6-7-11(16)9-12(10)17/h6-7,9,14H,5,8H2,1-4H3. The van der Waals surface area contributed by atoms with Gasteiger partial charge in [0.05, 0.1) is 0 Å². The predicted octanol–water partition coefficient (Wildman–Crippen LogP) is 4.04. The minimum absolute atomic E-state index is 0.0188. The lowest BCUT2D eigenvalue weighted by atomic mass is 9.84. The number of Topliss-reactive ketones (excluding diaryl/α,β-unsaturated/α-hetero) is 1. The Bertz CT molecular complexity index is 452. The highest BCUT2D eigenvalue weighted by atomic mass is 35.5. The maximum Gasteiger partial charge on any atom is 0.166 e. The van der Waals surface area contributed by atoms with Crippen LogP contribution in [0.1, 0.15) is 33.3 Å². The predicted molar refractivity (Wildman–Crippen MR) is 75.0 cm³/mol. The fourth-order valence-corrected chi connectivity index (χ4v) is 2.10. The minimum Gasteiger partial charge on any atom is -0.370 e. The topological polar surface area (TPSA) is 26.3 Å². The fourth-order valence-electron chi connectivity index (χ4n) is 1.94. The molecule has 1 unspecified atom stereocenters. The second-order valence-electron chi connectivity index (χ2n) is 5.58. The van der Waals surface area contributed by atoms with E-state index in [0.717, 1.165) is 0 Å². The SMILES string of the molecule is CCOC(C(=O)Cc1ccc(Cl)cc1F)C(C)(C)C. The number of hydrogen-bond donors (Lipinski definition) is 0. The van der Waals surface area contributed by atoms with Crippen molar-refractivity contribution in [3.05, 3.63) is 34.6 Å². The van der Waals surface area contributed by atoms with Crippen molar-refractivity contribution in [2.75, 3.05) is 6.61 Å². The van der Waals surface area contributed by atoms with Crippen molar-refractivity contribution in [1.29, 1.82) is 0 Å². The third-order valence-corrected chi connectivity index (χ3v) is 3.03. The van der Waals surface area contributed by atoms with Gasteiger partial charge in [-0.1, -0.05) is 38.4 Å². The summed E-state index contributed by atoms with van der Waals surface area (Å²) in [6, 6.07) is 4.35. The van der Waals surface area contributed by atoms with Crippen molar-refractivity contribution < 1.29 is 13.9 Å². The first-order chi connectivity index (χ1) is 8.75. The molecule has 1 aromatic carbocycles. The highest BCUT2D eigenvalue weighted by molar-refractivity contribution is 6.30. The molecule has 0 bridgehead atoms. The van der Waals surface area contributed by atoms with Crippen LogP contribution < -0.4 is 0 Å². The van der Waals surface area contributed by atoms with Crippen molar-refractivity contribution in [1.82, 2.24) is 0 Å². The quantitative estimate of drug-likeness (QED) is 0.816. The summed E-state index contributed by atoms with van der Waals surface area (Å²) in [6.07, 6.45) is -0.516. The van der Waals surface area contributed by atoms with Crippen LogP contribution in [0.2, 0.25) is 5.02 Å². The van der Waals surface area contributed by atoms with Crippen LogP contribution >= 0.6 is 11.6 Å². The van der Waals surface area contributed by atoms with Crippen LogP contribution in [0.25, 0.3) is 0 Å². The summed E-state index contributed by atoms with van der Waals surface area (Å²) in [4.78, 5) is 12.3. The lowest BCUT2D eigenvalue weighted by molar-refractivity contribution is -0.136. The number of halogens is 2. The number of ketones is 1. The Hall–Kier alpha value is -0.930. The molecule has 4 heteroatoms. The van der Waals surface area contributed by atoms with Gasteiger partial charge in [0.1, 0.15) is 11.9 Å². The highest BCUT2D eigenvalue weighted by Crippen LogP contribution is 2.25. The van der Waals surface area contributed by atoms with E-state index in [9.17, 15) is 9.18 Å². The lowest BCUT2D eigenvalue weighted by Gasteiger charge is -2.29. The van der Waals surface area contributed by atoms with Crippen molar-refractivity contribution in [2.45, 2.75) is 40.2 Å². The Morgan fingerprint density at radius 3 is 2.53 bits per heavy atom. The molecule has 19 heavy (non-hydrogen) atoms.